The normalized spacial score (nSPS) is 11.2. The molecule has 0 heterocycles. The molecule has 0 radical (unpaired) electrons. The number of anilines is 1. The second-order valence-electron chi connectivity index (χ2n) is 5.86. The molecule has 0 fully saturated rings. The van der Waals surface area contributed by atoms with E-state index < -0.39 is 33.4 Å². The van der Waals surface area contributed by atoms with Gasteiger partial charge in [-0.1, -0.05) is 11.6 Å². The molecule has 0 aliphatic heterocycles. The molecule has 0 saturated carbocycles. The summed E-state index contributed by atoms with van der Waals surface area (Å²) < 4.78 is 30.3. The molecule has 154 valence electrons. The Morgan fingerprint density at radius 1 is 1.17 bits per heavy atom. The Morgan fingerprint density at radius 2 is 1.79 bits per heavy atom. The number of rotatable bonds is 7. The molecule has 2 aromatic carbocycles. The molecule has 0 aliphatic carbocycles. The van der Waals surface area contributed by atoms with Gasteiger partial charge in [-0.2, -0.15) is 0 Å². The fourth-order valence-electron chi connectivity index (χ4n) is 2.11. The van der Waals surface area contributed by atoms with E-state index in [1.54, 1.807) is 0 Å². The summed E-state index contributed by atoms with van der Waals surface area (Å²) in [5.74, 6) is -1.56. The van der Waals surface area contributed by atoms with E-state index in [2.05, 4.69) is 5.32 Å². The molecule has 2 aromatic rings. The third kappa shape index (κ3) is 5.50. The van der Waals surface area contributed by atoms with Crippen LogP contribution in [-0.4, -0.2) is 50.2 Å². The van der Waals surface area contributed by atoms with Crippen LogP contribution in [0.1, 0.15) is 10.4 Å². The topological polar surface area (TPSA) is 136 Å². The minimum Gasteiger partial charge on any atom is -0.452 e. The van der Waals surface area contributed by atoms with Crippen molar-refractivity contribution in [3.05, 3.63) is 63.2 Å². The van der Waals surface area contributed by atoms with Crippen LogP contribution in [0.3, 0.4) is 0 Å². The molecule has 2 rings (SSSR count). The summed E-state index contributed by atoms with van der Waals surface area (Å²) in [6.45, 7) is -0.645. The predicted octanol–water partition coefficient (Wildman–Crippen LogP) is 2.29. The number of nitrogens with zero attached hydrogens (tertiary/aromatic N) is 2. The smallest absolute Gasteiger partial charge is 0.338 e. The largest absolute Gasteiger partial charge is 0.452 e. The first-order chi connectivity index (χ1) is 13.5. The number of carbonyl (C=O) groups excluding carboxylic acids is 2. The van der Waals surface area contributed by atoms with Crippen molar-refractivity contribution in [1.29, 1.82) is 0 Å². The molecule has 0 aliphatic rings. The number of non-ortho nitro benzene ring substituents is 1. The quantitative estimate of drug-likeness (QED) is 0.395. The molecule has 0 aromatic heterocycles. The summed E-state index contributed by atoms with van der Waals surface area (Å²) >= 11 is 5.93. The number of esters is 1. The lowest BCUT2D eigenvalue weighted by molar-refractivity contribution is -0.384. The number of sulfonamides is 1. The summed E-state index contributed by atoms with van der Waals surface area (Å²) in [5, 5.41) is 13.0. The van der Waals surface area contributed by atoms with Crippen LogP contribution >= 0.6 is 11.6 Å². The van der Waals surface area contributed by atoms with E-state index in [1.165, 1.54) is 44.4 Å². The fourth-order valence-corrected chi connectivity index (χ4v) is 3.50. The molecule has 1 N–H and O–H groups in total. The lowest BCUT2D eigenvalue weighted by atomic mass is 10.2. The van der Waals surface area contributed by atoms with Gasteiger partial charge in [0.1, 0.15) is 4.90 Å². The van der Waals surface area contributed by atoms with Gasteiger partial charge in [-0.3, -0.25) is 14.9 Å². The number of hydrogen-bond acceptors (Lipinski definition) is 7. The van der Waals surface area contributed by atoms with Crippen LogP contribution in [0.15, 0.2) is 47.4 Å². The minimum absolute atomic E-state index is 0.0127. The maximum Gasteiger partial charge on any atom is 0.338 e. The number of nitrogens with one attached hydrogen (secondary N) is 1. The van der Waals surface area contributed by atoms with Gasteiger partial charge in [-0.05, 0) is 30.3 Å². The fraction of sp³-hybridized carbons (Fsp3) is 0.176. The summed E-state index contributed by atoms with van der Waals surface area (Å²) in [7, 11) is -1.14. The highest BCUT2D eigenvalue weighted by molar-refractivity contribution is 7.89. The highest BCUT2D eigenvalue weighted by atomic mass is 35.5. The number of halogens is 1. The Balaban J connectivity index is 2.02. The lowest BCUT2D eigenvalue weighted by Gasteiger charge is -2.14. The zero-order valence-corrected chi connectivity index (χ0v) is 16.9. The first-order valence-corrected chi connectivity index (χ1v) is 9.77. The number of carbonyl (C=O) groups is 2. The molecule has 29 heavy (non-hydrogen) atoms. The van der Waals surface area contributed by atoms with Crippen LogP contribution < -0.4 is 5.32 Å². The van der Waals surface area contributed by atoms with Crippen molar-refractivity contribution >= 4 is 44.9 Å². The van der Waals surface area contributed by atoms with E-state index in [-0.39, 0.29) is 26.9 Å². The van der Waals surface area contributed by atoms with Crippen molar-refractivity contribution in [3.8, 4) is 0 Å². The van der Waals surface area contributed by atoms with Crippen LogP contribution in [-0.2, 0) is 19.6 Å². The maximum absolute atomic E-state index is 12.2. The molecule has 1 amide bonds. The summed E-state index contributed by atoms with van der Waals surface area (Å²) in [6, 6.07) is 8.58. The van der Waals surface area contributed by atoms with E-state index in [9.17, 15) is 28.1 Å². The Hall–Kier alpha value is -3.02. The van der Waals surface area contributed by atoms with E-state index in [0.717, 1.165) is 16.4 Å². The third-order valence-corrected chi connectivity index (χ3v) is 5.92. The molecule has 12 heteroatoms. The van der Waals surface area contributed by atoms with Crippen molar-refractivity contribution in [1.82, 2.24) is 4.31 Å². The first-order valence-electron chi connectivity index (χ1n) is 7.96. The van der Waals surface area contributed by atoms with Gasteiger partial charge in [0.25, 0.3) is 11.6 Å². The molecular formula is C17H16ClN3O7S. The van der Waals surface area contributed by atoms with E-state index in [0.29, 0.717) is 0 Å². The van der Waals surface area contributed by atoms with E-state index in [1.807, 2.05) is 0 Å². The van der Waals surface area contributed by atoms with Crippen molar-refractivity contribution in [2.24, 2.45) is 0 Å². The molecule has 0 spiro atoms. The number of benzene rings is 2. The second-order valence-corrected chi connectivity index (χ2v) is 8.39. The molecule has 0 bridgehead atoms. The average molecular weight is 442 g/mol. The van der Waals surface area contributed by atoms with Gasteiger partial charge in [0.05, 0.1) is 15.5 Å². The van der Waals surface area contributed by atoms with Crippen LogP contribution in [0.5, 0.6) is 0 Å². The highest BCUT2D eigenvalue weighted by Gasteiger charge is 2.21. The Bertz CT molecular complexity index is 1050. The SMILES string of the molecule is CN(C)S(=O)(=O)c1cc(NC(=O)COC(=O)c2ccc([N+](=O)[O-])cc2)ccc1Cl. The predicted molar refractivity (Wildman–Crippen MR) is 104 cm³/mol. The zero-order valence-electron chi connectivity index (χ0n) is 15.3. The van der Waals surface area contributed by atoms with Crippen LogP contribution in [0, 0.1) is 10.1 Å². The van der Waals surface area contributed by atoms with Gasteiger partial charge >= 0.3 is 5.97 Å². The summed E-state index contributed by atoms with van der Waals surface area (Å²) in [4.78, 5) is 33.7. The number of ether oxygens (including phenoxy) is 1. The maximum atomic E-state index is 12.2. The minimum atomic E-state index is -3.82. The zero-order chi connectivity index (χ0) is 21.8. The number of nitro benzene ring substituents is 1. The molecule has 0 unspecified atom stereocenters. The number of nitro groups is 1. The molecule has 0 saturated heterocycles. The van der Waals surface area contributed by atoms with Crippen LogP contribution in [0.25, 0.3) is 0 Å². The van der Waals surface area contributed by atoms with Crippen LogP contribution in [0.4, 0.5) is 11.4 Å². The van der Waals surface area contributed by atoms with Gasteiger partial charge in [-0.25, -0.2) is 17.5 Å². The Kier molecular flexibility index (Phi) is 6.90. The Morgan fingerprint density at radius 3 is 2.34 bits per heavy atom. The standard InChI is InChI=1S/C17H16ClN3O7S/c1-20(2)29(26,27)15-9-12(5-8-14(15)18)19-16(22)10-28-17(23)11-3-6-13(7-4-11)21(24)25/h3-9H,10H2,1-2H3,(H,19,22). The van der Waals surface area contributed by atoms with Crippen molar-refractivity contribution in [2.45, 2.75) is 4.90 Å². The summed E-state index contributed by atoms with van der Waals surface area (Å²) in [5.41, 5.74) is -0.00835. The van der Waals surface area contributed by atoms with Crippen LogP contribution in [0.2, 0.25) is 5.02 Å². The summed E-state index contributed by atoms with van der Waals surface area (Å²) in [6.07, 6.45) is 0. The highest BCUT2D eigenvalue weighted by Crippen LogP contribution is 2.26. The number of hydrogen-bond donors (Lipinski definition) is 1. The van der Waals surface area contributed by atoms with Gasteiger partial charge in [0, 0.05) is 31.9 Å². The first kappa shape index (κ1) is 22.3. The van der Waals surface area contributed by atoms with Gasteiger partial charge < -0.3 is 10.1 Å². The lowest BCUT2D eigenvalue weighted by Crippen LogP contribution is -2.23. The Labute approximate surface area is 171 Å². The molecular weight excluding hydrogens is 426 g/mol. The van der Waals surface area contributed by atoms with Crippen molar-refractivity contribution in [3.63, 3.8) is 0 Å². The average Bonchev–Trinajstić information content (AvgIpc) is 2.67. The monoisotopic (exact) mass is 441 g/mol. The van der Waals surface area contributed by atoms with Gasteiger partial charge in [0.15, 0.2) is 6.61 Å². The van der Waals surface area contributed by atoms with Gasteiger partial charge in [0.2, 0.25) is 10.0 Å². The molecule has 10 nitrogen and oxygen atoms in total. The second kappa shape index (κ2) is 8.99. The molecule has 0 atom stereocenters. The van der Waals surface area contributed by atoms with E-state index >= 15 is 0 Å². The van der Waals surface area contributed by atoms with Gasteiger partial charge in [-0.15, -0.1) is 0 Å². The van der Waals surface area contributed by atoms with Crippen molar-refractivity contribution in [2.75, 3.05) is 26.0 Å². The van der Waals surface area contributed by atoms with E-state index in [4.69, 9.17) is 16.3 Å². The van der Waals surface area contributed by atoms with Crippen molar-refractivity contribution < 1.29 is 27.7 Å². The third-order valence-electron chi connectivity index (χ3n) is 3.62. The number of amides is 1.